The summed E-state index contributed by atoms with van der Waals surface area (Å²) in [7, 11) is 0. The Morgan fingerprint density at radius 3 is 2.54 bits per heavy atom. The zero-order chi connectivity index (χ0) is 19.9. The number of aromatic nitrogens is 1. The van der Waals surface area contributed by atoms with Crippen molar-refractivity contribution in [2.75, 3.05) is 0 Å². The molecule has 4 rings (SSSR count). The third-order valence-corrected chi connectivity index (χ3v) is 6.74. The number of pyridine rings is 1. The van der Waals surface area contributed by atoms with Crippen molar-refractivity contribution < 1.29 is 9.53 Å². The van der Waals surface area contributed by atoms with E-state index in [2.05, 4.69) is 49.2 Å². The van der Waals surface area contributed by atoms with Crippen molar-refractivity contribution in [3.63, 3.8) is 0 Å². The van der Waals surface area contributed by atoms with Gasteiger partial charge >= 0.3 is 5.97 Å². The van der Waals surface area contributed by atoms with Gasteiger partial charge in [-0.05, 0) is 48.8 Å². The summed E-state index contributed by atoms with van der Waals surface area (Å²) in [5, 5.41) is 0. The fourth-order valence-corrected chi connectivity index (χ4v) is 5.02. The second-order valence-electron chi connectivity index (χ2n) is 8.49. The van der Waals surface area contributed by atoms with Gasteiger partial charge in [0.2, 0.25) is 0 Å². The molecule has 6 unspecified atom stereocenters. The predicted octanol–water partition coefficient (Wildman–Crippen LogP) is 4.31. The van der Waals surface area contributed by atoms with E-state index < -0.39 is 5.54 Å². The molecule has 1 aromatic heterocycles. The summed E-state index contributed by atoms with van der Waals surface area (Å²) in [4.78, 5) is 17.0. The van der Waals surface area contributed by atoms with Crippen LogP contribution >= 0.6 is 0 Å². The minimum atomic E-state index is -0.870. The zero-order valence-electron chi connectivity index (χ0n) is 16.7. The van der Waals surface area contributed by atoms with Crippen LogP contribution in [0.5, 0.6) is 0 Å². The molecule has 2 N–H and O–H groups in total. The minimum Gasteiger partial charge on any atom is -0.461 e. The van der Waals surface area contributed by atoms with Crippen molar-refractivity contribution in [2.45, 2.75) is 38.8 Å². The number of benzene rings is 1. The minimum absolute atomic E-state index is 0.00559. The van der Waals surface area contributed by atoms with Crippen molar-refractivity contribution in [1.29, 1.82) is 0 Å². The molecule has 2 aliphatic rings. The molecule has 2 aromatic rings. The lowest BCUT2D eigenvalue weighted by molar-refractivity contribution is -0.145. The molecule has 0 amide bonds. The summed E-state index contributed by atoms with van der Waals surface area (Å²) in [6.45, 7) is 6.40. The molecule has 1 saturated carbocycles. The Bertz CT molecular complexity index is 877. The third-order valence-electron chi connectivity index (χ3n) is 6.74. The van der Waals surface area contributed by atoms with Crippen LogP contribution in [0.4, 0.5) is 0 Å². The SMILES string of the molecule is CC1CC2(N)C(=O)OC(C)C2C(/C=C/c2ccc(-c3ccccc3)cn2)C1C. The topological polar surface area (TPSA) is 65.2 Å². The maximum Gasteiger partial charge on any atom is 0.326 e. The van der Waals surface area contributed by atoms with E-state index in [1.54, 1.807) is 0 Å². The Labute approximate surface area is 166 Å². The molecule has 2 heterocycles. The second kappa shape index (κ2) is 7.17. The van der Waals surface area contributed by atoms with Gasteiger partial charge in [-0.15, -0.1) is 0 Å². The lowest BCUT2D eigenvalue weighted by Crippen LogP contribution is -2.58. The fraction of sp³-hybridized carbons (Fsp3) is 0.417. The smallest absolute Gasteiger partial charge is 0.326 e. The lowest BCUT2D eigenvalue weighted by Gasteiger charge is -2.45. The molecular formula is C24H28N2O2. The Morgan fingerprint density at radius 2 is 1.86 bits per heavy atom. The number of ether oxygens (including phenoxy) is 1. The molecule has 4 heteroatoms. The maximum absolute atomic E-state index is 12.4. The largest absolute Gasteiger partial charge is 0.461 e. The van der Waals surface area contributed by atoms with Crippen LogP contribution in [0.1, 0.15) is 32.9 Å². The molecule has 4 nitrogen and oxygen atoms in total. The van der Waals surface area contributed by atoms with Gasteiger partial charge in [0.15, 0.2) is 0 Å². The van der Waals surface area contributed by atoms with Crippen molar-refractivity contribution in [1.82, 2.24) is 4.98 Å². The summed E-state index contributed by atoms with van der Waals surface area (Å²) in [5.41, 5.74) is 8.86. The summed E-state index contributed by atoms with van der Waals surface area (Å²) in [6, 6.07) is 14.3. The number of cyclic esters (lactones) is 1. The van der Waals surface area contributed by atoms with Gasteiger partial charge in [-0.25, -0.2) is 0 Å². The van der Waals surface area contributed by atoms with Gasteiger partial charge in [0.25, 0.3) is 0 Å². The van der Waals surface area contributed by atoms with Crippen LogP contribution in [0.25, 0.3) is 17.2 Å². The van der Waals surface area contributed by atoms with Crippen LogP contribution in [0, 0.1) is 23.7 Å². The van der Waals surface area contributed by atoms with Gasteiger partial charge in [-0.1, -0.05) is 56.3 Å². The monoisotopic (exact) mass is 376 g/mol. The number of allylic oxidation sites excluding steroid dienone is 1. The van der Waals surface area contributed by atoms with Crippen LogP contribution in [0.15, 0.2) is 54.7 Å². The van der Waals surface area contributed by atoms with Crippen molar-refractivity contribution in [3.8, 4) is 11.1 Å². The quantitative estimate of drug-likeness (QED) is 0.811. The number of carbonyl (C=O) groups is 1. The number of hydrogen-bond acceptors (Lipinski definition) is 4. The molecule has 1 aliphatic carbocycles. The van der Waals surface area contributed by atoms with Crippen LogP contribution in [0.3, 0.4) is 0 Å². The molecule has 146 valence electrons. The standard InChI is InChI=1S/C24H28N2O2/c1-15-13-24(25)22(17(3)28-23(24)27)21(16(15)2)12-11-20-10-9-19(14-26-20)18-7-5-4-6-8-18/h4-12,14-17,21-22H,13,25H2,1-3H3/b12-11+. The number of carbonyl (C=O) groups excluding carboxylic acids is 1. The van der Waals surface area contributed by atoms with E-state index in [0.717, 1.165) is 16.8 Å². The Kier molecular flexibility index (Phi) is 4.84. The third kappa shape index (κ3) is 3.16. The highest BCUT2D eigenvalue weighted by molar-refractivity contribution is 5.84. The van der Waals surface area contributed by atoms with E-state index in [1.807, 2.05) is 37.4 Å². The van der Waals surface area contributed by atoms with Gasteiger partial charge in [0.05, 0.1) is 5.69 Å². The summed E-state index contributed by atoms with van der Waals surface area (Å²) in [5.74, 6) is 0.741. The molecule has 6 atom stereocenters. The Hall–Kier alpha value is -2.46. The summed E-state index contributed by atoms with van der Waals surface area (Å²) in [6.07, 6.45) is 6.69. The first-order valence-electron chi connectivity index (χ1n) is 10.1. The highest BCUT2D eigenvalue weighted by Crippen LogP contribution is 2.50. The highest BCUT2D eigenvalue weighted by atomic mass is 16.6. The van der Waals surface area contributed by atoms with Crippen LogP contribution < -0.4 is 5.73 Å². The molecule has 1 saturated heterocycles. The van der Waals surface area contributed by atoms with Crippen molar-refractivity contribution in [2.24, 2.45) is 29.4 Å². The number of hydrogen-bond donors (Lipinski definition) is 1. The normalized spacial score (nSPS) is 35.0. The van der Waals surface area contributed by atoms with Crippen molar-refractivity contribution in [3.05, 3.63) is 60.4 Å². The van der Waals surface area contributed by atoms with E-state index in [-0.39, 0.29) is 23.9 Å². The number of rotatable bonds is 3. The first-order chi connectivity index (χ1) is 13.4. The molecule has 2 fully saturated rings. The molecule has 28 heavy (non-hydrogen) atoms. The van der Waals surface area contributed by atoms with Gasteiger partial charge < -0.3 is 10.5 Å². The first-order valence-corrected chi connectivity index (χ1v) is 10.1. The average molecular weight is 377 g/mol. The first kappa shape index (κ1) is 18.9. The van der Waals surface area contributed by atoms with Crippen LogP contribution in [-0.2, 0) is 9.53 Å². The van der Waals surface area contributed by atoms with E-state index >= 15 is 0 Å². The second-order valence-corrected chi connectivity index (χ2v) is 8.49. The Balaban J connectivity index is 1.58. The zero-order valence-corrected chi connectivity index (χ0v) is 16.7. The van der Waals surface area contributed by atoms with E-state index in [1.165, 1.54) is 0 Å². The maximum atomic E-state index is 12.4. The number of esters is 1. The Morgan fingerprint density at radius 1 is 1.11 bits per heavy atom. The molecule has 0 bridgehead atoms. The number of fused-ring (bicyclic) bond motifs is 1. The van der Waals surface area contributed by atoms with E-state index in [4.69, 9.17) is 10.5 Å². The summed E-state index contributed by atoms with van der Waals surface area (Å²) < 4.78 is 5.54. The predicted molar refractivity (Wildman–Crippen MR) is 111 cm³/mol. The van der Waals surface area contributed by atoms with Gasteiger partial charge in [-0.3, -0.25) is 9.78 Å². The molecule has 0 radical (unpaired) electrons. The van der Waals surface area contributed by atoms with Crippen molar-refractivity contribution >= 4 is 12.0 Å². The molecule has 1 aromatic carbocycles. The molecule has 1 aliphatic heterocycles. The van der Waals surface area contributed by atoms with Crippen LogP contribution in [-0.4, -0.2) is 22.6 Å². The summed E-state index contributed by atoms with van der Waals surface area (Å²) >= 11 is 0. The van der Waals surface area contributed by atoms with Gasteiger partial charge in [-0.2, -0.15) is 0 Å². The fourth-order valence-electron chi connectivity index (χ4n) is 5.02. The molecule has 0 spiro atoms. The lowest BCUT2D eigenvalue weighted by atomic mass is 9.59. The van der Waals surface area contributed by atoms with Gasteiger partial charge in [0, 0.05) is 17.7 Å². The molecular weight excluding hydrogens is 348 g/mol. The van der Waals surface area contributed by atoms with E-state index in [9.17, 15) is 4.79 Å². The average Bonchev–Trinajstić information content (AvgIpc) is 2.92. The van der Waals surface area contributed by atoms with Gasteiger partial charge in [0.1, 0.15) is 11.6 Å². The van der Waals surface area contributed by atoms with E-state index in [0.29, 0.717) is 18.3 Å². The number of nitrogens with two attached hydrogens (primary N) is 1. The highest BCUT2D eigenvalue weighted by Gasteiger charge is 2.60. The van der Waals surface area contributed by atoms with Crippen LogP contribution in [0.2, 0.25) is 0 Å². The number of nitrogens with zero attached hydrogens (tertiary/aromatic N) is 1.